The molecule has 1 heterocycles. The maximum absolute atomic E-state index is 12.7. The number of amides is 1. The lowest BCUT2D eigenvalue weighted by atomic mass is 10.1. The van der Waals surface area contributed by atoms with Gasteiger partial charge in [0, 0.05) is 30.5 Å². The number of rotatable bonds is 5. The lowest BCUT2D eigenvalue weighted by Gasteiger charge is -2.22. The van der Waals surface area contributed by atoms with Crippen LogP contribution in [0.15, 0.2) is 48.8 Å². The van der Waals surface area contributed by atoms with E-state index in [1.165, 1.54) is 12.1 Å². The molecule has 1 amide bonds. The van der Waals surface area contributed by atoms with E-state index in [-0.39, 0.29) is 17.7 Å². The van der Waals surface area contributed by atoms with Crippen molar-refractivity contribution in [3.63, 3.8) is 0 Å². The van der Waals surface area contributed by atoms with E-state index >= 15 is 0 Å². The highest BCUT2D eigenvalue weighted by atomic mass is 19.4. The number of hydrogen-bond donors (Lipinski definition) is 0. The molecule has 1 aromatic carbocycles. The number of aromatic nitrogens is 1. The first kappa shape index (κ1) is 16.3. The first-order valence-electron chi connectivity index (χ1n) is 7.48. The fraction of sp³-hybridized carbons (Fsp3) is 0.294. The number of carbonyl (C=O) groups is 1. The normalized spacial score (nSPS) is 14.3. The van der Waals surface area contributed by atoms with E-state index in [2.05, 4.69) is 9.72 Å². The third kappa shape index (κ3) is 4.24. The van der Waals surface area contributed by atoms with Crippen LogP contribution in [0.5, 0.6) is 5.75 Å². The maximum Gasteiger partial charge on any atom is 0.573 e. The van der Waals surface area contributed by atoms with E-state index < -0.39 is 6.36 Å². The highest BCUT2D eigenvalue weighted by Gasteiger charge is 2.34. The molecule has 0 spiro atoms. The van der Waals surface area contributed by atoms with Gasteiger partial charge in [0.1, 0.15) is 5.75 Å². The van der Waals surface area contributed by atoms with E-state index in [1.807, 2.05) is 12.1 Å². The van der Waals surface area contributed by atoms with E-state index in [1.54, 1.807) is 17.3 Å². The zero-order valence-electron chi connectivity index (χ0n) is 12.7. The standard InChI is InChI=1S/C17H15F3N2O2/c18-17(19,20)24-15-5-1-13(2-6-15)16(23)22(14-3-4-14)11-12-7-9-21-10-8-12/h1-2,5-10,14H,3-4,11H2. The SMILES string of the molecule is O=C(c1ccc(OC(F)(F)F)cc1)N(Cc1ccncc1)C1CC1. The minimum Gasteiger partial charge on any atom is -0.406 e. The molecule has 1 aliphatic carbocycles. The monoisotopic (exact) mass is 336 g/mol. The minimum atomic E-state index is -4.74. The van der Waals surface area contributed by atoms with Crippen LogP contribution < -0.4 is 4.74 Å². The van der Waals surface area contributed by atoms with Crippen molar-refractivity contribution in [2.75, 3.05) is 0 Å². The molecule has 0 aliphatic heterocycles. The molecule has 7 heteroatoms. The Balaban J connectivity index is 1.73. The number of pyridine rings is 1. The van der Waals surface area contributed by atoms with Crippen molar-refractivity contribution >= 4 is 5.91 Å². The third-order valence-electron chi connectivity index (χ3n) is 3.69. The van der Waals surface area contributed by atoms with Crippen molar-refractivity contribution in [3.8, 4) is 5.75 Å². The molecular formula is C17H15F3N2O2. The van der Waals surface area contributed by atoms with Crippen molar-refractivity contribution in [1.29, 1.82) is 0 Å². The highest BCUT2D eigenvalue weighted by molar-refractivity contribution is 5.94. The van der Waals surface area contributed by atoms with Gasteiger partial charge in [0.2, 0.25) is 0 Å². The molecule has 3 rings (SSSR count). The van der Waals surface area contributed by atoms with Crippen molar-refractivity contribution in [2.24, 2.45) is 0 Å². The van der Waals surface area contributed by atoms with Gasteiger partial charge in [-0.2, -0.15) is 0 Å². The second-order valence-corrected chi connectivity index (χ2v) is 5.59. The molecule has 1 saturated carbocycles. The predicted octanol–water partition coefficient (Wildman–Crippen LogP) is 3.79. The number of ether oxygens (including phenoxy) is 1. The smallest absolute Gasteiger partial charge is 0.406 e. The number of hydrogen-bond acceptors (Lipinski definition) is 3. The molecule has 24 heavy (non-hydrogen) atoms. The summed E-state index contributed by atoms with van der Waals surface area (Å²) in [6, 6.07) is 8.86. The summed E-state index contributed by atoms with van der Waals surface area (Å²) in [5.74, 6) is -0.543. The summed E-state index contributed by atoms with van der Waals surface area (Å²) in [6.07, 6.45) is 0.452. The van der Waals surface area contributed by atoms with Crippen LogP contribution in [-0.2, 0) is 6.54 Å². The van der Waals surface area contributed by atoms with Crippen LogP contribution in [0.3, 0.4) is 0 Å². The first-order valence-corrected chi connectivity index (χ1v) is 7.48. The molecule has 1 fully saturated rings. The van der Waals surface area contributed by atoms with Crippen molar-refractivity contribution < 1.29 is 22.7 Å². The van der Waals surface area contributed by atoms with Gasteiger partial charge in [-0.15, -0.1) is 13.2 Å². The lowest BCUT2D eigenvalue weighted by Crippen LogP contribution is -2.32. The molecular weight excluding hydrogens is 321 g/mol. The Morgan fingerprint density at radius 2 is 1.75 bits per heavy atom. The Kier molecular flexibility index (Phi) is 4.42. The number of carbonyl (C=O) groups excluding carboxylic acids is 1. The fourth-order valence-electron chi connectivity index (χ4n) is 2.40. The Hall–Kier alpha value is -2.57. The second-order valence-electron chi connectivity index (χ2n) is 5.59. The Labute approximate surface area is 136 Å². The number of halogens is 3. The van der Waals surface area contributed by atoms with Crippen LogP contribution >= 0.6 is 0 Å². The molecule has 2 aromatic rings. The van der Waals surface area contributed by atoms with Crippen molar-refractivity contribution in [2.45, 2.75) is 31.8 Å². The van der Waals surface area contributed by atoms with Crippen LogP contribution in [0.2, 0.25) is 0 Å². The third-order valence-corrected chi connectivity index (χ3v) is 3.69. The summed E-state index contributed by atoms with van der Waals surface area (Å²) >= 11 is 0. The second kappa shape index (κ2) is 6.51. The molecule has 0 saturated heterocycles. The van der Waals surface area contributed by atoms with Crippen molar-refractivity contribution in [1.82, 2.24) is 9.88 Å². The highest BCUT2D eigenvalue weighted by Crippen LogP contribution is 2.30. The molecule has 0 N–H and O–H groups in total. The van der Waals surface area contributed by atoms with Gasteiger partial charge in [-0.25, -0.2) is 0 Å². The van der Waals surface area contributed by atoms with E-state index in [0.29, 0.717) is 12.1 Å². The Morgan fingerprint density at radius 1 is 1.12 bits per heavy atom. The average molecular weight is 336 g/mol. The lowest BCUT2D eigenvalue weighted by molar-refractivity contribution is -0.274. The van der Waals surface area contributed by atoms with Gasteiger partial charge >= 0.3 is 6.36 Å². The minimum absolute atomic E-state index is 0.178. The number of benzene rings is 1. The average Bonchev–Trinajstić information content (AvgIpc) is 3.37. The molecule has 0 bridgehead atoms. The quantitative estimate of drug-likeness (QED) is 0.834. The number of nitrogens with zero attached hydrogens (tertiary/aromatic N) is 2. The van der Waals surface area contributed by atoms with Gasteiger partial charge in [-0.05, 0) is 54.8 Å². The van der Waals surface area contributed by atoms with Gasteiger partial charge in [-0.1, -0.05) is 0 Å². The van der Waals surface area contributed by atoms with Crippen LogP contribution in [-0.4, -0.2) is 28.2 Å². The Morgan fingerprint density at radius 3 is 2.29 bits per heavy atom. The van der Waals surface area contributed by atoms with Crippen LogP contribution in [0.25, 0.3) is 0 Å². The fourth-order valence-corrected chi connectivity index (χ4v) is 2.40. The summed E-state index contributed by atoms with van der Waals surface area (Å²) in [5, 5.41) is 0. The van der Waals surface area contributed by atoms with Gasteiger partial charge < -0.3 is 9.64 Å². The molecule has 4 nitrogen and oxygen atoms in total. The zero-order valence-corrected chi connectivity index (χ0v) is 12.7. The largest absolute Gasteiger partial charge is 0.573 e. The molecule has 126 valence electrons. The molecule has 1 aromatic heterocycles. The maximum atomic E-state index is 12.7. The van der Waals surface area contributed by atoms with Gasteiger partial charge in [0.05, 0.1) is 0 Å². The van der Waals surface area contributed by atoms with Crippen LogP contribution in [0, 0.1) is 0 Å². The first-order chi connectivity index (χ1) is 11.4. The number of alkyl halides is 3. The van der Waals surface area contributed by atoms with Gasteiger partial charge in [0.15, 0.2) is 0 Å². The van der Waals surface area contributed by atoms with Crippen LogP contribution in [0.4, 0.5) is 13.2 Å². The summed E-state index contributed by atoms with van der Waals surface area (Å²) in [6.45, 7) is 0.451. The van der Waals surface area contributed by atoms with E-state index in [0.717, 1.165) is 30.5 Å². The van der Waals surface area contributed by atoms with Crippen molar-refractivity contribution in [3.05, 3.63) is 59.9 Å². The molecule has 1 aliphatic rings. The topological polar surface area (TPSA) is 42.4 Å². The van der Waals surface area contributed by atoms with E-state index in [4.69, 9.17) is 0 Å². The summed E-state index contributed by atoms with van der Waals surface area (Å²) in [4.78, 5) is 18.4. The zero-order chi connectivity index (χ0) is 17.2. The molecule has 0 unspecified atom stereocenters. The van der Waals surface area contributed by atoms with E-state index in [9.17, 15) is 18.0 Å². The molecule has 0 atom stereocenters. The summed E-state index contributed by atoms with van der Waals surface area (Å²) in [5.41, 5.74) is 1.30. The Bertz CT molecular complexity index is 698. The van der Waals surface area contributed by atoms with Gasteiger partial charge in [0.25, 0.3) is 5.91 Å². The molecule has 0 radical (unpaired) electrons. The van der Waals surface area contributed by atoms with Gasteiger partial charge in [-0.3, -0.25) is 9.78 Å². The summed E-state index contributed by atoms with van der Waals surface area (Å²) < 4.78 is 40.4. The predicted molar refractivity (Wildman–Crippen MR) is 80.3 cm³/mol. The van der Waals surface area contributed by atoms with Crippen LogP contribution in [0.1, 0.15) is 28.8 Å². The summed E-state index contributed by atoms with van der Waals surface area (Å²) in [7, 11) is 0.